The summed E-state index contributed by atoms with van der Waals surface area (Å²) in [7, 11) is 0. The molecule has 0 saturated heterocycles. The van der Waals surface area contributed by atoms with E-state index in [-0.39, 0.29) is 5.56 Å². The predicted molar refractivity (Wildman–Crippen MR) is 86.8 cm³/mol. The smallest absolute Gasteiger partial charge is 0.270 e. The first kappa shape index (κ1) is 14.3. The standard InChI is InChI=1S/C16H12N4OS/c1-9-5-6-12-10(4-3-7-18-12)13(9)14-11(8-17)15(21)20-16(19-14)22-2/h3-7H,1-2H3,(H,19,20,21). The molecule has 2 aromatic heterocycles. The summed E-state index contributed by atoms with van der Waals surface area (Å²) < 4.78 is 0. The fraction of sp³-hybridized carbons (Fsp3) is 0.125. The van der Waals surface area contributed by atoms with Crippen LogP contribution in [0.15, 0.2) is 40.4 Å². The van der Waals surface area contributed by atoms with Gasteiger partial charge in [0.15, 0.2) is 5.16 Å². The van der Waals surface area contributed by atoms with E-state index < -0.39 is 5.56 Å². The second-order valence-corrected chi connectivity index (χ2v) is 5.53. The Morgan fingerprint density at radius 2 is 2.14 bits per heavy atom. The molecule has 1 aromatic carbocycles. The van der Waals surface area contributed by atoms with Gasteiger partial charge in [-0.25, -0.2) is 4.98 Å². The minimum atomic E-state index is -0.419. The molecule has 0 spiro atoms. The van der Waals surface area contributed by atoms with Gasteiger partial charge >= 0.3 is 0 Å². The third-order valence-corrected chi connectivity index (χ3v) is 4.01. The molecule has 0 bridgehead atoms. The zero-order chi connectivity index (χ0) is 15.7. The number of aromatic amines is 1. The number of nitrogens with zero attached hydrogens (tertiary/aromatic N) is 3. The van der Waals surface area contributed by atoms with Gasteiger partial charge in [-0.15, -0.1) is 0 Å². The quantitative estimate of drug-likeness (QED) is 0.581. The Hall–Kier alpha value is -2.65. The van der Waals surface area contributed by atoms with Gasteiger partial charge in [-0.2, -0.15) is 5.26 Å². The molecule has 0 unspecified atom stereocenters. The lowest BCUT2D eigenvalue weighted by molar-refractivity contribution is 0.937. The molecular formula is C16H12N4OS. The van der Waals surface area contributed by atoms with Crippen LogP contribution in [0.4, 0.5) is 0 Å². The van der Waals surface area contributed by atoms with Crippen LogP contribution >= 0.6 is 11.8 Å². The molecule has 0 aliphatic carbocycles. The summed E-state index contributed by atoms with van der Waals surface area (Å²) in [5, 5.41) is 10.7. The van der Waals surface area contributed by atoms with Crippen LogP contribution in [-0.2, 0) is 0 Å². The molecule has 1 N–H and O–H groups in total. The number of hydrogen-bond donors (Lipinski definition) is 1. The van der Waals surface area contributed by atoms with Gasteiger partial charge < -0.3 is 4.98 Å². The Morgan fingerprint density at radius 1 is 1.32 bits per heavy atom. The zero-order valence-corrected chi connectivity index (χ0v) is 12.9. The number of aromatic nitrogens is 3. The van der Waals surface area contributed by atoms with E-state index in [1.165, 1.54) is 11.8 Å². The van der Waals surface area contributed by atoms with Crippen LogP contribution < -0.4 is 5.56 Å². The van der Waals surface area contributed by atoms with Gasteiger partial charge in [0.05, 0.1) is 11.2 Å². The van der Waals surface area contributed by atoms with Crippen molar-refractivity contribution in [3.05, 3.63) is 51.9 Å². The van der Waals surface area contributed by atoms with E-state index in [1.54, 1.807) is 6.20 Å². The molecule has 22 heavy (non-hydrogen) atoms. The molecular weight excluding hydrogens is 296 g/mol. The van der Waals surface area contributed by atoms with Crippen molar-refractivity contribution in [2.75, 3.05) is 6.26 Å². The topological polar surface area (TPSA) is 82.4 Å². The average molecular weight is 308 g/mol. The highest BCUT2D eigenvalue weighted by Crippen LogP contribution is 2.31. The minimum absolute atomic E-state index is 0.0252. The maximum atomic E-state index is 12.1. The highest BCUT2D eigenvalue weighted by molar-refractivity contribution is 7.98. The lowest BCUT2D eigenvalue weighted by atomic mass is 9.97. The number of nitrogens with one attached hydrogen (secondary N) is 1. The van der Waals surface area contributed by atoms with E-state index in [0.717, 1.165) is 22.0 Å². The highest BCUT2D eigenvalue weighted by atomic mass is 32.2. The van der Waals surface area contributed by atoms with Crippen molar-refractivity contribution in [3.63, 3.8) is 0 Å². The molecule has 2 heterocycles. The largest absolute Gasteiger partial charge is 0.300 e. The number of fused-ring (bicyclic) bond motifs is 1. The van der Waals surface area contributed by atoms with E-state index in [0.29, 0.717) is 10.9 Å². The Bertz CT molecular complexity index is 972. The third kappa shape index (κ3) is 2.26. The van der Waals surface area contributed by atoms with Gasteiger partial charge in [-0.3, -0.25) is 9.78 Å². The van der Waals surface area contributed by atoms with Crippen molar-refractivity contribution in [2.45, 2.75) is 12.1 Å². The van der Waals surface area contributed by atoms with E-state index in [1.807, 2.05) is 43.5 Å². The van der Waals surface area contributed by atoms with E-state index >= 15 is 0 Å². The summed E-state index contributed by atoms with van der Waals surface area (Å²) in [6.45, 7) is 1.94. The van der Waals surface area contributed by atoms with Crippen molar-refractivity contribution < 1.29 is 0 Å². The molecule has 3 aromatic rings. The molecule has 0 radical (unpaired) electrons. The first-order valence-corrected chi connectivity index (χ1v) is 7.81. The Kier molecular flexibility index (Phi) is 3.65. The normalized spacial score (nSPS) is 10.6. The van der Waals surface area contributed by atoms with Crippen LogP contribution in [0.5, 0.6) is 0 Å². The molecule has 3 rings (SSSR count). The van der Waals surface area contributed by atoms with Gasteiger partial charge in [0.25, 0.3) is 5.56 Å². The number of pyridine rings is 1. The molecule has 6 heteroatoms. The molecule has 0 atom stereocenters. The number of benzene rings is 1. The first-order chi connectivity index (χ1) is 10.7. The van der Waals surface area contributed by atoms with Crippen LogP contribution in [-0.4, -0.2) is 21.2 Å². The number of thioether (sulfide) groups is 1. The van der Waals surface area contributed by atoms with E-state index in [2.05, 4.69) is 15.0 Å². The van der Waals surface area contributed by atoms with E-state index in [4.69, 9.17) is 0 Å². The zero-order valence-electron chi connectivity index (χ0n) is 12.0. The fourth-order valence-corrected chi connectivity index (χ4v) is 2.79. The fourth-order valence-electron chi connectivity index (χ4n) is 2.41. The number of nitriles is 1. The van der Waals surface area contributed by atoms with Crippen LogP contribution in [0.25, 0.3) is 22.2 Å². The monoisotopic (exact) mass is 308 g/mol. The Morgan fingerprint density at radius 3 is 2.86 bits per heavy atom. The van der Waals surface area contributed by atoms with Crippen molar-refractivity contribution in [1.82, 2.24) is 15.0 Å². The van der Waals surface area contributed by atoms with Gasteiger partial charge in [-0.05, 0) is 30.9 Å². The third-order valence-electron chi connectivity index (χ3n) is 3.43. The summed E-state index contributed by atoms with van der Waals surface area (Å²) >= 11 is 1.33. The van der Waals surface area contributed by atoms with Crippen LogP contribution in [0.1, 0.15) is 11.1 Å². The lowest BCUT2D eigenvalue weighted by Crippen LogP contribution is -2.15. The molecule has 0 amide bonds. The molecule has 0 aliphatic rings. The summed E-state index contributed by atoms with van der Waals surface area (Å²) in [5.74, 6) is 0. The summed E-state index contributed by atoms with van der Waals surface area (Å²) in [4.78, 5) is 23.5. The van der Waals surface area contributed by atoms with Crippen molar-refractivity contribution in [1.29, 1.82) is 5.26 Å². The van der Waals surface area contributed by atoms with Crippen molar-refractivity contribution >= 4 is 22.7 Å². The Balaban J connectivity index is 2.47. The lowest BCUT2D eigenvalue weighted by Gasteiger charge is -2.11. The van der Waals surface area contributed by atoms with Crippen molar-refractivity contribution in [2.24, 2.45) is 0 Å². The number of hydrogen-bond acceptors (Lipinski definition) is 5. The average Bonchev–Trinajstić information content (AvgIpc) is 2.54. The number of rotatable bonds is 2. The van der Waals surface area contributed by atoms with Crippen LogP contribution in [0, 0.1) is 18.3 Å². The molecule has 0 saturated carbocycles. The second kappa shape index (κ2) is 5.62. The molecule has 108 valence electrons. The first-order valence-electron chi connectivity index (χ1n) is 6.59. The molecule has 0 aliphatic heterocycles. The van der Waals surface area contributed by atoms with Crippen LogP contribution in [0.3, 0.4) is 0 Å². The summed E-state index contributed by atoms with van der Waals surface area (Å²) in [6.07, 6.45) is 3.54. The Labute approximate surface area is 131 Å². The van der Waals surface area contributed by atoms with E-state index in [9.17, 15) is 10.1 Å². The van der Waals surface area contributed by atoms with Crippen molar-refractivity contribution in [3.8, 4) is 17.3 Å². The maximum absolute atomic E-state index is 12.1. The van der Waals surface area contributed by atoms with Gasteiger partial charge in [0.1, 0.15) is 11.6 Å². The van der Waals surface area contributed by atoms with Crippen LogP contribution in [0.2, 0.25) is 0 Å². The SMILES string of the molecule is CSc1nc(-c2c(C)ccc3ncccc23)c(C#N)c(=O)[nH]1. The van der Waals surface area contributed by atoms with Gasteiger partial charge in [0.2, 0.25) is 0 Å². The maximum Gasteiger partial charge on any atom is 0.270 e. The second-order valence-electron chi connectivity index (χ2n) is 4.74. The summed E-state index contributed by atoms with van der Waals surface area (Å²) in [5.41, 5.74) is 2.55. The number of aryl methyl sites for hydroxylation is 1. The predicted octanol–water partition coefficient (Wildman–Crippen LogP) is 2.89. The van der Waals surface area contributed by atoms with Gasteiger partial charge in [0, 0.05) is 17.1 Å². The number of H-pyrrole nitrogens is 1. The minimum Gasteiger partial charge on any atom is -0.300 e. The molecule has 0 fully saturated rings. The van der Waals surface area contributed by atoms with Gasteiger partial charge in [-0.1, -0.05) is 23.9 Å². The summed E-state index contributed by atoms with van der Waals surface area (Å²) in [6, 6.07) is 9.57. The highest BCUT2D eigenvalue weighted by Gasteiger charge is 2.17. The molecule has 5 nitrogen and oxygen atoms in total.